The minimum absolute atomic E-state index is 0.164. The standard InChI is InChI=1S/C18H20ClN3O2/c1-4-13-6-5-9-18(13)16(23)22(17(24)21(18)3)14-8-7-12(10-20)15(19)11(14)2/h7-8,13H,4-6,9H2,1-3H3. The number of carbonyl (C=O) groups is 2. The van der Waals surface area contributed by atoms with E-state index in [4.69, 9.17) is 16.9 Å². The highest BCUT2D eigenvalue weighted by molar-refractivity contribution is 6.33. The third-order valence-electron chi connectivity index (χ3n) is 5.65. The maximum atomic E-state index is 13.3. The van der Waals surface area contributed by atoms with Gasteiger partial charge in [-0.2, -0.15) is 5.26 Å². The first-order valence-corrected chi connectivity index (χ1v) is 8.59. The molecule has 1 aliphatic carbocycles. The van der Waals surface area contributed by atoms with Crippen LogP contribution in [0.1, 0.15) is 43.7 Å². The Morgan fingerprint density at radius 2 is 2.12 bits per heavy atom. The van der Waals surface area contributed by atoms with Crippen molar-refractivity contribution in [2.24, 2.45) is 5.92 Å². The molecule has 24 heavy (non-hydrogen) atoms. The second-order valence-corrected chi connectivity index (χ2v) is 6.96. The van der Waals surface area contributed by atoms with Crippen molar-refractivity contribution < 1.29 is 9.59 Å². The molecule has 0 radical (unpaired) electrons. The van der Waals surface area contributed by atoms with Crippen molar-refractivity contribution in [2.45, 2.75) is 45.1 Å². The van der Waals surface area contributed by atoms with Crippen LogP contribution in [0, 0.1) is 24.2 Å². The summed E-state index contributed by atoms with van der Waals surface area (Å²) >= 11 is 6.23. The zero-order valence-corrected chi connectivity index (χ0v) is 14.9. The lowest BCUT2D eigenvalue weighted by molar-refractivity contribution is -0.126. The van der Waals surface area contributed by atoms with Crippen molar-refractivity contribution in [3.05, 3.63) is 28.3 Å². The summed E-state index contributed by atoms with van der Waals surface area (Å²) in [5.41, 5.74) is 0.652. The molecular weight excluding hydrogens is 326 g/mol. The van der Waals surface area contributed by atoms with Gasteiger partial charge in [-0.1, -0.05) is 31.4 Å². The fraction of sp³-hybridized carbons (Fsp3) is 0.500. The number of carbonyl (C=O) groups excluding carboxylic acids is 2. The molecule has 0 bridgehead atoms. The topological polar surface area (TPSA) is 64.4 Å². The maximum Gasteiger partial charge on any atom is 0.332 e. The lowest BCUT2D eigenvalue weighted by atomic mass is 9.84. The van der Waals surface area contributed by atoms with Gasteiger partial charge in [-0.3, -0.25) is 4.79 Å². The quantitative estimate of drug-likeness (QED) is 0.764. The highest BCUT2D eigenvalue weighted by Gasteiger charge is 2.61. The summed E-state index contributed by atoms with van der Waals surface area (Å²) in [5, 5.41) is 9.38. The molecule has 2 atom stereocenters. The monoisotopic (exact) mass is 345 g/mol. The van der Waals surface area contributed by atoms with E-state index in [1.54, 1.807) is 31.0 Å². The number of amides is 3. The predicted octanol–water partition coefficient (Wildman–Crippen LogP) is 3.87. The first-order chi connectivity index (χ1) is 11.4. The number of benzene rings is 1. The van der Waals surface area contributed by atoms with Gasteiger partial charge in [-0.05, 0) is 43.4 Å². The first kappa shape index (κ1) is 16.8. The molecule has 3 rings (SSSR count). The van der Waals surface area contributed by atoms with Crippen LogP contribution in [0.5, 0.6) is 0 Å². The van der Waals surface area contributed by atoms with Gasteiger partial charge in [-0.25, -0.2) is 9.69 Å². The number of halogens is 1. The maximum absolute atomic E-state index is 13.3. The summed E-state index contributed by atoms with van der Waals surface area (Å²) in [5.74, 6) is 0.0151. The van der Waals surface area contributed by atoms with Crippen molar-refractivity contribution in [3.63, 3.8) is 0 Å². The van der Waals surface area contributed by atoms with E-state index in [0.717, 1.165) is 19.3 Å². The molecule has 1 saturated heterocycles. The summed E-state index contributed by atoms with van der Waals surface area (Å²) in [6, 6.07) is 4.90. The largest absolute Gasteiger partial charge is 0.332 e. The van der Waals surface area contributed by atoms with E-state index in [1.165, 1.54) is 4.90 Å². The average molecular weight is 346 g/mol. The van der Waals surface area contributed by atoms with Gasteiger partial charge in [0.25, 0.3) is 5.91 Å². The summed E-state index contributed by atoms with van der Waals surface area (Å²) in [4.78, 5) is 29.0. The van der Waals surface area contributed by atoms with Gasteiger partial charge < -0.3 is 4.90 Å². The summed E-state index contributed by atoms with van der Waals surface area (Å²) in [6.07, 6.45) is 3.47. The second-order valence-electron chi connectivity index (χ2n) is 6.59. The molecule has 5 nitrogen and oxygen atoms in total. The molecule has 0 aromatic heterocycles. The molecule has 6 heteroatoms. The zero-order chi connectivity index (χ0) is 17.6. The predicted molar refractivity (Wildman–Crippen MR) is 91.9 cm³/mol. The van der Waals surface area contributed by atoms with Crippen LogP contribution in [0.3, 0.4) is 0 Å². The van der Waals surface area contributed by atoms with Gasteiger partial charge in [-0.15, -0.1) is 0 Å². The van der Waals surface area contributed by atoms with Crippen molar-refractivity contribution in [3.8, 4) is 6.07 Å². The number of imide groups is 1. The molecule has 2 fully saturated rings. The lowest BCUT2D eigenvalue weighted by Gasteiger charge is -2.33. The van der Waals surface area contributed by atoms with E-state index in [1.807, 2.05) is 6.07 Å². The Labute approximate surface area is 146 Å². The molecule has 1 saturated carbocycles. The van der Waals surface area contributed by atoms with Crippen LogP contribution >= 0.6 is 11.6 Å². The summed E-state index contributed by atoms with van der Waals surface area (Å²) < 4.78 is 0. The summed E-state index contributed by atoms with van der Waals surface area (Å²) in [6.45, 7) is 3.80. The third kappa shape index (κ3) is 1.99. The normalized spacial score (nSPS) is 26.5. The van der Waals surface area contributed by atoms with Gasteiger partial charge in [0.1, 0.15) is 11.6 Å². The fourth-order valence-corrected chi connectivity index (χ4v) is 4.49. The Kier molecular flexibility index (Phi) is 4.05. The van der Waals surface area contributed by atoms with Crippen molar-refractivity contribution in [2.75, 3.05) is 11.9 Å². The summed E-state index contributed by atoms with van der Waals surface area (Å²) in [7, 11) is 1.72. The Hall–Kier alpha value is -2.06. The minimum atomic E-state index is -0.737. The van der Waals surface area contributed by atoms with Crippen LogP contribution in [-0.4, -0.2) is 29.4 Å². The van der Waals surface area contributed by atoms with Crippen molar-refractivity contribution in [1.82, 2.24) is 4.90 Å². The molecular formula is C18H20ClN3O2. The molecule has 126 valence electrons. The Balaban J connectivity index is 2.11. The van der Waals surface area contributed by atoms with Crippen LogP contribution in [0.2, 0.25) is 5.02 Å². The second kappa shape index (κ2) is 5.78. The Morgan fingerprint density at radius 3 is 2.75 bits per heavy atom. The van der Waals surface area contributed by atoms with Crippen LogP contribution in [0.25, 0.3) is 0 Å². The van der Waals surface area contributed by atoms with Crippen LogP contribution in [0.15, 0.2) is 12.1 Å². The molecule has 2 aliphatic rings. The number of hydrogen-bond acceptors (Lipinski definition) is 3. The number of nitrogens with zero attached hydrogens (tertiary/aromatic N) is 3. The van der Waals surface area contributed by atoms with E-state index in [2.05, 4.69) is 6.92 Å². The molecule has 0 N–H and O–H groups in total. The third-order valence-corrected chi connectivity index (χ3v) is 6.14. The number of urea groups is 1. The number of anilines is 1. The molecule has 1 aromatic carbocycles. The molecule has 1 heterocycles. The Bertz CT molecular complexity index is 770. The molecule has 1 spiro atoms. The highest BCUT2D eigenvalue weighted by Crippen LogP contribution is 2.48. The molecule has 1 aliphatic heterocycles. The lowest BCUT2D eigenvalue weighted by Crippen LogP contribution is -2.50. The van der Waals surface area contributed by atoms with Crippen molar-refractivity contribution in [1.29, 1.82) is 5.26 Å². The number of nitriles is 1. The minimum Gasteiger partial charge on any atom is -0.312 e. The van der Waals surface area contributed by atoms with E-state index < -0.39 is 5.54 Å². The molecule has 1 aromatic rings. The smallest absolute Gasteiger partial charge is 0.312 e. The van der Waals surface area contributed by atoms with Gasteiger partial charge in [0.2, 0.25) is 0 Å². The number of hydrogen-bond donors (Lipinski definition) is 0. The van der Waals surface area contributed by atoms with E-state index in [0.29, 0.717) is 23.2 Å². The van der Waals surface area contributed by atoms with Crippen LogP contribution in [-0.2, 0) is 4.79 Å². The number of likely N-dealkylation sites (N-methyl/N-ethyl adjacent to an activating group) is 1. The highest BCUT2D eigenvalue weighted by atomic mass is 35.5. The van der Waals surface area contributed by atoms with Gasteiger partial charge in [0, 0.05) is 7.05 Å². The van der Waals surface area contributed by atoms with Crippen LogP contribution in [0.4, 0.5) is 10.5 Å². The average Bonchev–Trinajstić information content (AvgIpc) is 3.09. The van der Waals surface area contributed by atoms with Gasteiger partial charge in [0.05, 0.1) is 16.3 Å². The molecule has 2 unspecified atom stereocenters. The van der Waals surface area contributed by atoms with Gasteiger partial charge in [0.15, 0.2) is 0 Å². The SMILES string of the molecule is CCC1CCCC12C(=O)N(c1ccc(C#N)c(Cl)c1C)C(=O)N2C. The van der Waals surface area contributed by atoms with E-state index in [-0.39, 0.29) is 22.9 Å². The van der Waals surface area contributed by atoms with E-state index >= 15 is 0 Å². The zero-order valence-electron chi connectivity index (χ0n) is 14.1. The Morgan fingerprint density at radius 1 is 1.42 bits per heavy atom. The fourth-order valence-electron chi connectivity index (χ4n) is 4.29. The van der Waals surface area contributed by atoms with Crippen molar-refractivity contribution >= 4 is 29.2 Å². The van der Waals surface area contributed by atoms with E-state index in [9.17, 15) is 9.59 Å². The van der Waals surface area contributed by atoms with Crippen LogP contribution < -0.4 is 4.90 Å². The first-order valence-electron chi connectivity index (χ1n) is 8.21. The van der Waals surface area contributed by atoms with Gasteiger partial charge >= 0.3 is 6.03 Å². The molecule has 3 amide bonds. The number of rotatable bonds is 2.